The minimum atomic E-state index is 0.713. The smallest absolute Gasteiger partial charge is 0.192 e. The Labute approximate surface area is 94.3 Å². The van der Waals surface area contributed by atoms with E-state index in [4.69, 9.17) is 4.42 Å². The molecule has 0 spiro atoms. The van der Waals surface area contributed by atoms with Crippen LogP contribution in [0.3, 0.4) is 0 Å². The number of fused-ring (bicyclic) bond motifs is 1. The summed E-state index contributed by atoms with van der Waals surface area (Å²) in [6, 6.07) is 6.08. The molecule has 0 fully saturated rings. The first-order chi connectivity index (χ1) is 7.29. The monoisotopic (exact) mass is 222 g/mol. The molecule has 1 aromatic heterocycles. The maximum absolute atomic E-state index is 5.46. The van der Waals surface area contributed by atoms with Gasteiger partial charge in [-0.25, -0.2) is 4.98 Å². The molecule has 15 heavy (non-hydrogen) atoms. The molecule has 0 saturated carbocycles. The lowest BCUT2D eigenvalue weighted by atomic mass is 10.2. The predicted molar refractivity (Wildman–Crippen MR) is 64.3 cm³/mol. The summed E-state index contributed by atoms with van der Waals surface area (Å²) in [6.45, 7) is 3.62. The molecule has 80 valence electrons. The van der Waals surface area contributed by atoms with Crippen molar-refractivity contribution in [3.05, 3.63) is 29.7 Å². The Morgan fingerprint density at radius 2 is 2.33 bits per heavy atom. The Balaban J connectivity index is 2.15. The van der Waals surface area contributed by atoms with Crippen molar-refractivity contribution in [1.82, 2.24) is 10.3 Å². The van der Waals surface area contributed by atoms with Crippen LogP contribution in [0.15, 0.2) is 22.6 Å². The predicted octanol–water partition coefficient (Wildman–Crippen LogP) is 2.16. The van der Waals surface area contributed by atoms with Crippen molar-refractivity contribution in [2.24, 2.45) is 0 Å². The second kappa shape index (κ2) is 4.68. The highest BCUT2D eigenvalue weighted by Crippen LogP contribution is 2.16. The van der Waals surface area contributed by atoms with Crippen LogP contribution < -0.4 is 5.32 Å². The Bertz CT molecular complexity index is 453. The van der Waals surface area contributed by atoms with Crippen LogP contribution in [0, 0.1) is 6.92 Å². The summed E-state index contributed by atoms with van der Waals surface area (Å²) in [4.78, 5) is 4.25. The van der Waals surface area contributed by atoms with Crippen molar-refractivity contribution in [2.45, 2.75) is 13.5 Å². The van der Waals surface area contributed by atoms with E-state index in [-0.39, 0.29) is 0 Å². The van der Waals surface area contributed by atoms with E-state index in [9.17, 15) is 0 Å². The molecule has 0 unspecified atom stereocenters. The van der Waals surface area contributed by atoms with Crippen molar-refractivity contribution >= 4 is 23.7 Å². The lowest BCUT2D eigenvalue weighted by Gasteiger charge is -2.01. The molecule has 0 bridgehead atoms. The summed E-state index contributed by atoms with van der Waals surface area (Å²) >= 11 is 4.14. The normalized spacial score (nSPS) is 11.1. The Morgan fingerprint density at radius 3 is 3.13 bits per heavy atom. The highest BCUT2D eigenvalue weighted by atomic mass is 32.1. The number of nitrogens with zero attached hydrogens (tertiary/aromatic N) is 1. The maximum Gasteiger partial charge on any atom is 0.192 e. The van der Waals surface area contributed by atoms with Gasteiger partial charge in [0.25, 0.3) is 0 Å². The minimum Gasteiger partial charge on any atom is -0.441 e. The zero-order chi connectivity index (χ0) is 10.7. The molecule has 0 aliphatic heterocycles. The van der Waals surface area contributed by atoms with E-state index in [1.807, 2.05) is 19.1 Å². The van der Waals surface area contributed by atoms with Crippen molar-refractivity contribution in [1.29, 1.82) is 0 Å². The van der Waals surface area contributed by atoms with E-state index in [1.165, 1.54) is 5.56 Å². The van der Waals surface area contributed by atoms with Gasteiger partial charge in [-0.2, -0.15) is 12.6 Å². The van der Waals surface area contributed by atoms with Gasteiger partial charge in [-0.3, -0.25) is 0 Å². The van der Waals surface area contributed by atoms with Crippen LogP contribution in [0.2, 0.25) is 0 Å². The van der Waals surface area contributed by atoms with Crippen LogP contribution in [-0.2, 0) is 6.54 Å². The van der Waals surface area contributed by atoms with E-state index in [0.717, 1.165) is 29.9 Å². The molecular weight excluding hydrogens is 208 g/mol. The number of oxazole rings is 1. The number of benzene rings is 1. The van der Waals surface area contributed by atoms with Crippen molar-refractivity contribution in [3.8, 4) is 0 Å². The Hall–Kier alpha value is -1.00. The molecule has 1 heterocycles. The number of rotatable bonds is 4. The summed E-state index contributed by atoms with van der Waals surface area (Å²) in [7, 11) is 0. The van der Waals surface area contributed by atoms with Crippen molar-refractivity contribution in [2.75, 3.05) is 12.3 Å². The highest BCUT2D eigenvalue weighted by Gasteiger charge is 2.02. The highest BCUT2D eigenvalue weighted by molar-refractivity contribution is 7.80. The molecule has 0 radical (unpaired) electrons. The van der Waals surface area contributed by atoms with E-state index in [2.05, 4.69) is 29.0 Å². The van der Waals surface area contributed by atoms with E-state index in [1.54, 1.807) is 0 Å². The van der Waals surface area contributed by atoms with Gasteiger partial charge in [0.1, 0.15) is 5.52 Å². The number of hydrogen-bond donors (Lipinski definition) is 2. The summed E-state index contributed by atoms with van der Waals surface area (Å²) < 4.78 is 5.46. The fraction of sp³-hybridized carbons (Fsp3) is 0.364. The van der Waals surface area contributed by atoms with E-state index < -0.39 is 0 Å². The zero-order valence-corrected chi connectivity index (χ0v) is 9.55. The average molecular weight is 222 g/mol. The molecule has 0 amide bonds. The zero-order valence-electron chi connectivity index (χ0n) is 8.66. The van der Waals surface area contributed by atoms with Crippen molar-refractivity contribution in [3.63, 3.8) is 0 Å². The molecule has 4 heteroatoms. The van der Waals surface area contributed by atoms with Gasteiger partial charge < -0.3 is 9.73 Å². The SMILES string of the molecule is Cc1nc2ccc(CNCCS)cc2o1. The summed E-state index contributed by atoms with van der Waals surface area (Å²) in [5.41, 5.74) is 2.99. The van der Waals surface area contributed by atoms with Gasteiger partial charge in [-0.05, 0) is 17.7 Å². The molecule has 0 aliphatic rings. The first kappa shape index (κ1) is 10.5. The van der Waals surface area contributed by atoms with E-state index in [0.29, 0.717) is 5.89 Å². The standard InChI is InChI=1S/C11H14N2OS/c1-8-13-10-3-2-9(6-11(10)14-8)7-12-4-5-15/h2-3,6,12,15H,4-5,7H2,1H3. The average Bonchev–Trinajstić information content (AvgIpc) is 2.57. The molecule has 0 aliphatic carbocycles. The second-order valence-corrected chi connectivity index (χ2v) is 3.88. The molecular formula is C11H14N2OS. The summed E-state index contributed by atoms with van der Waals surface area (Å²) in [5, 5.41) is 3.28. The van der Waals surface area contributed by atoms with Crippen molar-refractivity contribution < 1.29 is 4.42 Å². The third-order valence-corrected chi connectivity index (χ3v) is 2.40. The number of nitrogens with one attached hydrogen (secondary N) is 1. The lowest BCUT2D eigenvalue weighted by Crippen LogP contribution is -2.15. The lowest BCUT2D eigenvalue weighted by molar-refractivity contribution is 0.560. The molecule has 2 rings (SSSR count). The van der Waals surface area contributed by atoms with Crippen LogP contribution in [0.5, 0.6) is 0 Å². The van der Waals surface area contributed by atoms with Crippen LogP contribution in [-0.4, -0.2) is 17.3 Å². The van der Waals surface area contributed by atoms with Crippen LogP contribution in [0.1, 0.15) is 11.5 Å². The topological polar surface area (TPSA) is 38.1 Å². The van der Waals surface area contributed by atoms with Gasteiger partial charge in [0.05, 0.1) is 0 Å². The molecule has 0 saturated heterocycles. The minimum absolute atomic E-state index is 0.713. The van der Waals surface area contributed by atoms with Gasteiger partial charge in [0.15, 0.2) is 11.5 Å². The second-order valence-electron chi connectivity index (χ2n) is 3.44. The molecule has 1 N–H and O–H groups in total. The van der Waals surface area contributed by atoms with Gasteiger partial charge in [-0.15, -0.1) is 0 Å². The van der Waals surface area contributed by atoms with Crippen LogP contribution in [0.25, 0.3) is 11.1 Å². The van der Waals surface area contributed by atoms with Crippen LogP contribution >= 0.6 is 12.6 Å². The fourth-order valence-electron chi connectivity index (χ4n) is 1.51. The van der Waals surface area contributed by atoms with Gasteiger partial charge in [0.2, 0.25) is 0 Å². The van der Waals surface area contributed by atoms with Gasteiger partial charge in [-0.1, -0.05) is 6.07 Å². The molecule has 1 aromatic carbocycles. The summed E-state index contributed by atoms with van der Waals surface area (Å²) in [5.74, 6) is 1.56. The first-order valence-corrected chi connectivity index (χ1v) is 5.60. The van der Waals surface area contributed by atoms with Gasteiger partial charge in [0, 0.05) is 25.8 Å². The van der Waals surface area contributed by atoms with Crippen LogP contribution in [0.4, 0.5) is 0 Å². The van der Waals surface area contributed by atoms with E-state index >= 15 is 0 Å². The molecule has 2 aromatic rings. The number of thiol groups is 1. The Kier molecular flexibility index (Phi) is 3.28. The maximum atomic E-state index is 5.46. The number of aryl methyl sites for hydroxylation is 1. The quantitative estimate of drug-likeness (QED) is 0.615. The molecule has 0 atom stereocenters. The third-order valence-electron chi connectivity index (χ3n) is 2.18. The largest absolute Gasteiger partial charge is 0.441 e. The third kappa shape index (κ3) is 2.52. The summed E-state index contributed by atoms with van der Waals surface area (Å²) in [6.07, 6.45) is 0. The first-order valence-electron chi connectivity index (χ1n) is 4.97. The number of aromatic nitrogens is 1. The fourth-order valence-corrected chi connectivity index (χ4v) is 1.66. The number of hydrogen-bond acceptors (Lipinski definition) is 4. The Morgan fingerprint density at radius 1 is 1.47 bits per heavy atom. The molecule has 3 nitrogen and oxygen atoms in total. The van der Waals surface area contributed by atoms with Gasteiger partial charge >= 0.3 is 0 Å².